The van der Waals surface area contributed by atoms with Crippen molar-refractivity contribution in [1.29, 1.82) is 0 Å². The van der Waals surface area contributed by atoms with Crippen LogP contribution in [0.25, 0.3) is 0 Å². The summed E-state index contributed by atoms with van der Waals surface area (Å²) in [4.78, 5) is 29.7. The summed E-state index contributed by atoms with van der Waals surface area (Å²) in [6, 6.07) is 25.5. The Hall–Kier alpha value is -3.84. The van der Waals surface area contributed by atoms with E-state index in [1.54, 1.807) is 7.11 Å². The van der Waals surface area contributed by atoms with Crippen molar-refractivity contribution < 1.29 is 19.1 Å². The standard InChI is InChI=1S/C36H45N3O4/c1-26-7-13-29(14-8-26)36(30-15-17-32(42-5)18-16-30)20-6-21-38(25-36)23-27-9-11-28(12-10-27)33(40)39-22-19-31(24-39)37-34(41)43-35(2,3)4/h7-18,31H,6,19-25H2,1-5H3,(H,37,41). The van der Waals surface area contributed by atoms with Crippen LogP contribution in [0.15, 0.2) is 72.8 Å². The van der Waals surface area contributed by atoms with Gasteiger partial charge in [0.15, 0.2) is 0 Å². The number of carbonyl (C=O) groups excluding carboxylic acids is 2. The van der Waals surface area contributed by atoms with Gasteiger partial charge in [-0.1, -0.05) is 54.1 Å². The lowest BCUT2D eigenvalue weighted by Crippen LogP contribution is -2.46. The molecule has 1 N–H and O–H groups in total. The summed E-state index contributed by atoms with van der Waals surface area (Å²) in [5.41, 5.74) is 5.13. The Bertz CT molecular complexity index is 1400. The zero-order valence-electron chi connectivity index (χ0n) is 26.2. The maximum atomic E-state index is 13.2. The van der Waals surface area contributed by atoms with E-state index in [4.69, 9.17) is 9.47 Å². The summed E-state index contributed by atoms with van der Waals surface area (Å²) < 4.78 is 10.8. The topological polar surface area (TPSA) is 71.1 Å². The Balaban J connectivity index is 1.25. The highest BCUT2D eigenvalue weighted by Gasteiger charge is 2.39. The third-order valence-electron chi connectivity index (χ3n) is 8.62. The van der Waals surface area contributed by atoms with Crippen LogP contribution < -0.4 is 10.1 Å². The third kappa shape index (κ3) is 7.39. The number of nitrogens with zero attached hydrogens (tertiary/aromatic N) is 2. The van der Waals surface area contributed by atoms with E-state index in [1.807, 2.05) is 37.8 Å². The second-order valence-electron chi connectivity index (χ2n) is 13.1. The second-order valence-corrected chi connectivity index (χ2v) is 13.1. The Morgan fingerprint density at radius 1 is 0.930 bits per heavy atom. The summed E-state index contributed by atoms with van der Waals surface area (Å²) >= 11 is 0. The van der Waals surface area contributed by atoms with Gasteiger partial charge in [-0.3, -0.25) is 9.69 Å². The van der Waals surface area contributed by atoms with E-state index in [0.717, 1.165) is 44.6 Å². The Morgan fingerprint density at radius 3 is 2.21 bits per heavy atom. The molecule has 2 aliphatic heterocycles. The lowest BCUT2D eigenvalue weighted by atomic mass is 9.69. The van der Waals surface area contributed by atoms with Gasteiger partial charge in [0.05, 0.1) is 13.2 Å². The average molecular weight is 584 g/mol. The number of alkyl carbamates (subject to hydrolysis) is 1. The van der Waals surface area contributed by atoms with E-state index in [-0.39, 0.29) is 17.4 Å². The molecule has 0 bridgehead atoms. The van der Waals surface area contributed by atoms with E-state index >= 15 is 0 Å². The van der Waals surface area contributed by atoms with Crippen molar-refractivity contribution in [3.63, 3.8) is 0 Å². The van der Waals surface area contributed by atoms with Crippen LogP contribution in [-0.2, 0) is 16.7 Å². The van der Waals surface area contributed by atoms with Gasteiger partial charge in [0.1, 0.15) is 11.4 Å². The number of hydrogen-bond acceptors (Lipinski definition) is 5. The Morgan fingerprint density at radius 2 is 1.58 bits per heavy atom. The Kier molecular flexibility index (Phi) is 9.11. The zero-order valence-corrected chi connectivity index (χ0v) is 26.2. The van der Waals surface area contributed by atoms with Crippen molar-refractivity contribution in [3.05, 3.63) is 101 Å². The molecule has 0 radical (unpaired) electrons. The first kappa shape index (κ1) is 30.6. The molecule has 0 saturated carbocycles. The van der Waals surface area contributed by atoms with Crippen molar-refractivity contribution in [2.75, 3.05) is 33.3 Å². The molecule has 5 rings (SSSR count). The zero-order chi connectivity index (χ0) is 30.6. The molecule has 0 spiro atoms. The SMILES string of the molecule is COc1ccc(C2(c3ccc(C)cc3)CCCN(Cc3ccc(C(=O)N4CCC(NC(=O)OC(C)(C)C)C4)cc3)C2)cc1. The maximum Gasteiger partial charge on any atom is 0.407 e. The van der Waals surface area contributed by atoms with Crippen molar-refractivity contribution in [2.24, 2.45) is 0 Å². The van der Waals surface area contributed by atoms with Gasteiger partial charge in [-0.2, -0.15) is 0 Å². The number of nitrogens with one attached hydrogen (secondary N) is 1. The summed E-state index contributed by atoms with van der Waals surface area (Å²) in [5, 5.41) is 2.90. The van der Waals surface area contributed by atoms with Crippen molar-refractivity contribution >= 4 is 12.0 Å². The van der Waals surface area contributed by atoms with E-state index in [1.165, 1.54) is 22.3 Å². The number of rotatable bonds is 7. The van der Waals surface area contributed by atoms with Gasteiger partial charge in [0, 0.05) is 37.2 Å². The minimum atomic E-state index is -0.550. The quantitative estimate of drug-likeness (QED) is 0.352. The smallest absolute Gasteiger partial charge is 0.407 e. The largest absolute Gasteiger partial charge is 0.497 e. The van der Waals surface area contributed by atoms with Crippen LogP contribution in [-0.4, -0.2) is 66.7 Å². The molecule has 2 atom stereocenters. The van der Waals surface area contributed by atoms with Crippen LogP contribution in [0.4, 0.5) is 4.79 Å². The molecule has 0 aliphatic carbocycles. The number of likely N-dealkylation sites (tertiary alicyclic amines) is 2. The minimum Gasteiger partial charge on any atom is -0.497 e. The molecule has 3 aromatic rings. The van der Waals surface area contributed by atoms with Crippen LogP contribution in [0, 0.1) is 6.92 Å². The number of amides is 2. The molecule has 2 aliphatic rings. The molecule has 2 amide bonds. The van der Waals surface area contributed by atoms with E-state index < -0.39 is 11.7 Å². The summed E-state index contributed by atoms with van der Waals surface area (Å²) in [5.74, 6) is 0.866. The third-order valence-corrected chi connectivity index (χ3v) is 8.62. The number of ether oxygens (including phenoxy) is 2. The monoisotopic (exact) mass is 583 g/mol. The van der Waals surface area contributed by atoms with Gasteiger partial charge in [0.25, 0.3) is 5.91 Å². The van der Waals surface area contributed by atoms with E-state index in [0.29, 0.717) is 18.7 Å². The van der Waals surface area contributed by atoms with E-state index in [2.05, 4.69) is 77.8 Å². The number of piperidine rings is 1. The van der Waals surface area contributed by atoms with Gasteiger partial charge in [-0.15, -0.1) is 0 Å². The second kappa shape index (κ2) is 12.8. The summed E-state index contributed by atoms with van der Waals surface area (Å²) in [6.45, 7) is 11.5. The van der Waals surface area contributed by atoms with Gasteiger partial charge in [-0.25, -0.2) is 4.79 Å². The fraction of sp³-hybridized carbons (Fsp3) is 0.444. The number of methoxy groups -OCH3 is 1. The highest BCUT2D eigenvalue weighted by Crippen LogP contribution is 2.41. The molecule has 7 heteroatoms. The van der Waals surface area contributed by atoms with Gasteiger partial charge in [0.2, 0.25) is 0 Å². The first-order chi connectivity index (χ1) is 20.5. The highest BCUT2D eigenvalue weighted by molar-refractivity contribution is 5.94. The molecule has 2 unspecified atom stereocenters. The van der Waals surface area contributed by atoms with Crippen LogP contribution in [0.5, 0.6) is 5.75 Å². The van der Waals surface area contributed by atoms with Crippen LogP contribution in [0.2, 0.25) is 0 Å². The summed E-state index contributed by atoms with van der Waals surface area (Å²) in [6.07, 6.45) is 2.47. The van der Waals surface area contributed by atoms with Crippen molar-refractivity contribution in [3.8, 4) is 5.75 Å². The average Bonchev–Trinajstić information content (AvgIpc) is 3.45. The van der Waals surface area contributed by atoms with Crippen LogP contribution in [0.3, 0.4) is 0 Å². The van der Waals surface area contributed by atoms with Crippen LogP contribution >= 0.6 is 0 Å². The number of benzene rings is 3. The number of hydrogen-bond donors (Lipinski definition) is 1. The predicted molar refractivity (Wildman–Crippen MR) is 170 cm³/mol. The molecule has 43 heavy (non-hydrogen) atoms. The van der Waals surface area contributed by atoms with Crippen molar-refractivity contribution in [1.82, 2.24) is 15.1 Å². The lowest BCUT2D eigenvalue weighted by molar-refractivity contribution is 0.0502. The molecule has 3 aromatic carbocycles. The molecule has 228 valence electrons. The fourth-order valence-corrected chi connectivity index (χ4v) is 6.43. The maximum absolute atomic E-state index is 13.2. The molecular weight excluding hydrogens is 538 g/mol. The molecule has 2 fully saturated rings. The predicted octanol–water partition coefficient (Wildman–Crippen LogP) is 6.32. The van der Waals surface area contributed by atoms with Gasteiger partial charge >= 0.3 is 6.09 Å². The molecular formula is C36H45N3O4. The van der Waals surface area contributed by atoms with Crippen molar-refractivity contribution in [2.45, 2.75) is 70.6 Å². The minimum absolute atomic E-state index is 0.00379. The Labute approximate surface area is 256 Å². The van der Waals surface area contributed by atoms with E-state index in [9.17, 15) is 9.59 Å². The summed E-state index contributed by atoms with van der Waals surface area (Å²) in [7, 11) is 1.71. The fourth-order valence-electron chi connectivity index (χ4n) is 6.43. The molecule has 7 nitrogen and oxygen atoms in total. The molecule has 2 heterocycles. The molecule has 2 saturated heterocycles. The number of carbonyl (C=O) groups is 2. The van der Waals surface area contributed by atoms with Gasteiger partial charge < -0.3 is 19.7 Å². The number of aryl methyl sites for hydroxylation is 1. The lowest BCUT2D eigenvalue weighted by Gasteiger charge is -2.44. The van der Waals surface area contributed by atoms with Gasteiger partial charge in [-0.05, 0) is 94.5 Å². The first-order valence-electron chi connectivity index (χ1n) is 15.4. The molecule has 0 aromatic heterocycles. The highest BCUT2D eigenvalue weighted by atomic mass is 16.6. The first-order valence-corrected chi connectivity index (χ1v) is 15.4. The van der Waals surface area contributed by atoms with Crippen LogP contribution in [0.1, 0.15) is 72.6 Å². The normalized spacial score (nSPS) is 21.0.